The third-order valence-electron chi connectivity index (χ3n) is 3.85. The zero-order valence-corrected chi connectivity index (χ0v) is 13.3. The van der Waals surface area contributed by atoms with Gasteiger partial charge in [0.05, 0.1) is 17.6 Å². The van der Waals surface area contributed by atoms with Crippen LogP contribution >= 0.6 is 11.8 Å². The normalized spacial score (nSPS) is 14.2. The SMILES string of the molecule is O=C(O)c1ccoc1CSc1ccccc1C(=O)N1CCCC1. The van der Waals surface area contributed by atoms with E-state index in [-0.39, 0.29) is 11.5 Å². The molecule has 1 aromatic heterocycles. The Kier molecular flexibility index (Phi) is 4.71. The molecule has 120 valence electrons. The number of amides is 1. The number of carboxylic acid groups (broad SMARTS) is 1. The Bertz CT molecular complexity index is 719. The number of hydrogen-bond donors (Lipinski definition) is 1. The lowest BCUT2D eigenvalue weighted by Crippen LogP contribution is -2.28. The second kappa shape index (κ2) is 6.91. The van der Waals surface area contributed by atoms with E-state index in [0.29, 0.717) is 17.1 Å². The number of rotatable bonds is 5. The quantitative estimate of drug-likeness (QED) is 0.849. The zero-order valence-electron chi connectivity index (χ0n) is 12.5. The first-order chi connectivity index (χ1) is 11.2. The van der Waals surface area contributed by atoms with Crippen molar-refractivity contribution in [2.75, 3.05) is 13.1 Å². The third-order valence-corrected chi connectivity index (χ3v) is 4.92. The van der Waals surface area contributed by atoms with Crippen LogP contribution in [0.5, 0.6) is 0 Å². The van der Waals surface area contributed by atoms with Crippen molar-refractivity contribution in [2.24, 2.45) is 0 Å². The fraction of sp³-hybridized carbons (Fsp3) is 0.294. The molecular formula is C17H17NO4S. The van der Waals surface area contributed by atoms with E-state index >= 15 is 0 Å². The van der Waals surface area contributed by atoms with Gasteiger partial charge in [0.15, 0.2) is 0 Å². The van der Waals surface area contributed by atoms with E-state index in [4.69, 9.17) is 9.52 Å². The highest BCUT2D eigenvalue weighted by atomic mass is 32.2. The van der Waals surface area contributed by atoms with Crippen LogP contribution in [0.25, 0.3) is 0 Å². The first kappa shape index (κ1) is 15.7. The van der Waals surface area contributed by atoms with E-state index in [1.54, 1.807) is 0 Å². The summed E-state index contributed by atoms with van der Waals surface area (Å²) in [5, 5.41) is 9.11. The molecule has 1 aliphatic heterocycles. The standard InChI is InChI=1S/C17H17NO4S/c19-16(18-8-3-4-9-18)13-5-1-2-6-15(13)23-11-14-12(17(20)21)7-10-22-14/h1-2,5-7,10H,3-4,8-9,11H2,(H,20,21). The van der Waals surface area contributed by atoms with Crippen LogP contribution < -0.4 is 0 Å². The van der Waals surface area contributed by atoms with Gasteiger partial charge in [-0.15, -0.1) is 11.8 Å². The van der Waals surface area contributed by atoms with Crippen molar-refractivity contribution < 1.29 is 19.1 Å². The molecule has 2 heterocycles. The summed E-state index contributed by atoms with van der Waals surface area (Å²) in [4.78, 5) is 26.4. The number of carboxylic acids is 1. The molecule has 1 aliphatic rings. The summed E-state index contributed by atoms with van der Waals surface area (Å²) < 4.78 is 5.25. The van der Waals surface area contributed by atoms with Crippen molar-refractivity contribution in [1.82, 2.24) is 4.90 Å². The van der Waals surface area contributed by atoms with E-state index in [1.807, 2.05) is 29.2 Å². The minimum atomic E-state index is -1.00. The molecule has 5 nitrogen and oxygen atoms in total. The van der Waals surface area contributed by atoms with Gasteiger partial charge in [0.2, 0.25) is 0 Å². The van der Waals surface area contributed by atoms with Crippen LogP contribution in [0, 0.1) is 0 Å². The van der Waals surface area contributed by atoms with Crippen molar-refractivity contribution in [3.05, 3.63) is 53.5 Å². The summed E-state index contributed by atoms with van der Waals surface area (Å²) >= 11 is 1.42. The van der Waals surface area contributed by atoms with E-state index in [2.05, 4.69) is 0 Å². The van der Waals surface area contributed by atoms with Gasteiger partial charge in [0, 0.05) is 18.0 Å². The summed E-state index contributed by atoms with van der Waals surface area (Å²) in [5.41, 5.74) is 0.837. The lowest BCUT2D eigenvalue weighted by molar-refractivity contribution is 0.0694. The van der Waals surface area contributed by atoms with E-state index in [1.165, 1.54) is 24.1 Å². The third kappa shape index (κ3) is 3.42. The van der Waals surface area contributed by atoms with Gasteiger partial charge in [-0.3, -0.25) is 4.79 Å². The predicted molar refractivity (Wildman–Crippen MR) is 86.8 cm³/mol. The molecule has 1 N–H and O–H groups in total. The Morgan fingerprint density at radius 3 is 2.61 bits per heavy atom. The summed E-state index contributed by atoms with van der Waals surface area (Å²) in [6, 6.07) is 8.88. The molecule has 1 amide bonds. The molecule has 1 saturated heterocycles. The van der Waals surface area contributed by atoms with Crippen LogP contribution in [-0.4, -0.2) is 35.0 Å². The molecule has 2 aromatic rings. The van der Waals surface area contributed by atoms with Gasteiger partial charge in [-0.2, -0.15) is 0 Å². The van der Waals surface area contributed by atoms with E-state index in [9.17, 15) is 9.59 Å². The number of furan rings is 1. The summed E-state index contributed by atoms with van der Waals surface area (Å²) in [6.45, 7) is 1.61. The van der Waals surface area contributed by atoms with Crippen molar-refractivity contribution in [1.29, 1.82) is 0 Å². The molecule has 0 bridgehead atoms. The number of nitrogens with zero attached hydrogens (tertiary/aromatic N) is 1. The molecule has 0 unspecified atom stereocenters. The second-order valence-electron chi connectivity index (χ2n) is 5.35. The molecule has 1 aromatic carbocycles. The molecule has 6 heteroatoms. The molecule has 1 fully saturated rings. The first-order valence-electron chi connectivity index (χ1n) is 7.47. The van der Waals surface area contributed by atoms with Crippen LogP contribution in [0.2, 0.25) is 0 Å². The molecule has 0 radical (unpaired) electrons. The maximum absolute atomic E-state index is 12.6. The number of likely N-dealkylation sites (tertiary alicyclic amines) is 1. The summed E-state index contributed by atoms with van der Waals surface area (Å²) in [6.07, 6.45) is 3.48. The van der Waals surface area contributed by atoms with Gasteiger partial charge >= 0.3 is 5.97 Å². The van der Waals surface area contributed by atoms with Crippen LogP contribution in [0.3, 0.4) is 0 Å². The fourth-order valence-corrected chi connectivity index (χ4v) is 3.64. The van der Waals surface area contributed by atoms with Gasteiger partial charge < -0.3 is 14.4 Å². The number of carbonyl (C=O) groups excluding carboxylic acids is 1. The van der Waals surface area contributed by atoms with Crippen LogP contribution in [0.1, 0.15) is 39.3 Å². The van der Waals surface area contributed by atoms with Crippen molar-refractivity contribution >= 4 is 23.6 Å². The Hall–Kier alpha value is -2.21. The average molecular weight is 331 g/mol. The van der Waals surface area contributed by atoms with Crippen molar-refractivity contribution in [3.63, 3.8) is 0 Å². The van der Waals surface area contributed by atoms with Gasteiger partial charge in [0.1, 0.15) is 11.3 Å². The minimum absolute atomic E-state index is 0.0449. The largest absolute Gasteiger partial charge is 0.478 e. The Labute approximate surface area is 138 Å². The van der Waals surface area contributed by atoms with Crippen LogP contribution in [-0.2, 0) is 5.75 Å². The molecular weight excluding hydrogens is 314 g/mol. The smallest absolute Gasteiger partial charge is 0.339 e. The topological polar surface area (TPSA) is 70.7 Å². The highest BCUT2D eigenvalue weighted by Crippen LogP contribution is 2.29. The Morgan fingerprint density at radius 1 is 1.13 bits per heavy atom. The van der Waals surface area contributed by atoms with Crippen LogP contribution in [0.4, 0.5) is 0 Å². The van der Waals surface area contributed by atoms with Gasteiger partial charge in [-0.1, -0.05) is 12.1 Å². The minimum Gasteiger partial charge on any atom is -0.478 e. The lowest BCUT2D eigenvalue weighted by Gasteiger charge is -2.17. The number of thioether (sulfide) groups is 1. The molecule has 0 saturated carbocycles. The fourth-order valence-electron chi connectivity index (χ4n) is 2.65. The lowest BCUT2D eigenvalue weighted by atomic mass is 10.2. The number of carbonyl (C=O) groups is 2. The van der Waals surface area contributed by atoms with Gasteiger partial charge in [-0.25, -0.2) is 4.79 Å². The van der Waals surface area contributed by atoms with Crippen LogP contribution in [0.15, 0.2) is 45.9 Å². The monoisotopic (exact) mass is 331 g/mol. The van der Waals surface area contributed by atoms with E-state index in [0.717, 1.165) is 30.8 Å². The number of hydrogen-bond acceptors (Lipinski definition) is 4. The van der Waals surface area contributed by atoms with Crippen molar-refractivity contribution in [3.8, 4) is 0 Å². The second-order valence-corrected chi connectivity index (χ2v) is 6.36. The predicted octanol–water partition coefficient (Wildman–Crippen LogP) is 3.51. The first-order valence-corrected chi connectivity index (χ1v) is 8.46. The Balaban J connectivity index is 1.76. The highest BCUT2D eigenvalue weighted by Gasteiger charge is 2.22. The summed E-state index contributed by atoms with van der Waals surface area (Å²) in [5.74, 6) is -0.177. The zero-order chi connectivity index (χ0) is 16.2. The molecule has 0 spiro atoms. The number of aromatic carboxylic acids is 1. The maximum Gasteiger partial charge on any atom is 0.339 e. The Morgan fingerprint density at radius 2 is 1.87 bits per heavy atom. The summed E-state index contributed by atoms with van der Waals surface area (Å²) in [7, 11) is 0. The van der Waals surface area contributed by atoms with E-state index < -0.39 is 5.97 Å². The average Bonchev–Trinajstić information content (AvgIpc) is 3.23. The molecule has 3 rings (SSSR count). The molecule has 0 atom stereocenters. The number of benzene rings is 1. The highest BCUT2D eigenvalue weighted by molar-refractivity contribution is 7.98. The van der Waals surface area contributed by atoms with Crippen molar-refractivity contribution in [2.45, 2.75) is 23.5 Å². The van der Waals surface area contributed by atoms with Gasteiger partial charge in [-0.05, 0) is 31.0 Å². The molecule has 0 aliphatic carbocycles. The van der Waals surface area contributed by atoms with Gasteiger partial charge in [0.25, 0.3) is 5.91 Å². The molecule has 23 heavy (non-hydrogen) atoms. The maximum atomic E-state index is 12.6.